The first-order valence-corrected chi connectivity index (χ1v) is 7.30. The second-order valence-corrected chi connectivity index (χ2v) is 6.16. The minimum Gasteiger partial charge on any atom is -0.461 e. The molecule has 2 atom stereocenters. The Morgan fingerprint density at radius 2 is 2.05 bits per heavy atom. The van der Waals surface area contributed by atoms with Gasteiger partial charge in [0, 0.05) is 25.7 Å². The van der Waals surface area contributed by atoms with Gasteiger partial charge in [0.25, 0.3) is 0 Å². The van der Waals surface area contributed by atoms with Crippen LogP contribution in [0.4, 0.5) is 4.79 Å². The molecule has 0 fully saturated rings. The molecule has 22 heavy (non-hydrogen) atoms. The molecule has 0 saturated heterocycles. The van der Waals surface area contributed by atoms with Gasteiger partial charge >= 0.3 is 6.09 Å². The standard InChI is InChI=1S/C16H25NO5/c1-11(14(18)13-7-6-9-21-13)12(8-10-20-5)17-15(19)22-16(2,3)4/h6-7,9,11-12H,8,10H2,1-5H3,(H,17,19). The van der Waals surface area contributed by atoms with E-state index in [2.05, 4.69) is 5.32 Å². The Morgan fingerprint density at radius 3 is 2.55 bits per heavy atom. The van der Waals surface area contributed by atoms with Crippen molar-refractivity contribution in [1.29, 1.82) is 0 Å². The van der Waals surface area contributed by atoms with Crippen molar-refractivity contribution in [3.05, 3.63) is 24.2 Å². The molecular formula is C16H25NO5. The average molecular weight is 311 g/mol. The number of hydrogen-bond acceptors (Lipinski definition) is 5. The van der Waals surface area contributed by atoms with E-state index in [1.807, 2.05) is 0 Å². The zero-order valence-corrected chi connectivity index (χ0v) is 13.8. The maximum absolute atomic E-state index is 12.4. The summed E-state index contributed by atoms with van der Waals surface area (Å²) in [4.78, 5) is 24.3. The zero-order chi connectivity index (χ0) is 16.8. The van der Waals surface area contributed by atoms with Crippen LogP contribution in [0.25, 0.3) is 0 Å². The maximum atomic E-state index is 12.4. The van der Waals surface area contributed by atoms with Crippen molar-refractivity contribution in [2.75, 3.05) is 13.7 Å². The van der Waals surface area contributed by atoms with Crippen molar-refractivity contribution in [3.63, 3.8) is 0 Å². The quantitative estimate of drug-likeness (QED) is 0.783. The molecule has 0 aromatic carbocycles. The minimum atomic E-state index is -0.593. The Kier molecular flexibility index (Phi) is 6.61. The number of nitrogens with one attached hydrogen (secondary N) is 1. The number of ether oxygens (including phenoxy) is 2. The van der Waals surface area contributed by atoms with Crippen LogP contribution in [0, 0.1) is 5.92 Å². The smallest absolute Gasteiger partial charge is 0.407 e. The largest absolute Gasteiger partial charge is 0.461 e. The van der Waals surface area contributed by atoms with Crippen molar-refractivity contribution in [1.82, 2.24) is 5.32 Å². The van der Waals surface area contributed by atoms with Gasteiger partial charge < -0.3 is 19.2 Å². The molecule has 0 bridgehead atoms. The van der Waals surface area contributed by atoms with E-state index in [1.54, 1.807) is 46.9 Å². The number of Topliss-reactive ketones (excluding diaryl/α,β-unsaturated/α-hetero) is 1. The highest BCUT2D eigenvalue weighted by atomic mass is 16.6. The van der Waals surface area contributed by atoms with Gasteiger partial charge in [-0.2, -0.15) is 0 Å². The first-order chi connectivity index (χ1) is 10.2. The van der Waals surface area contributed by atoms with E-state index < -0.39 is 23.7 Å². The Morgan fingerprint density at radius 1 is 1.36 bits per heavy atom. The van der Waals surface area contributed by atoms with Gasteiger partial charge in [0.1, 0.15) is 5.60 Å². The molecule has 1 amide bonds. The van der Waals surface area contributed by atoms with E-state index in [1.165, 1.54) is 6.26 Å². The summed E-state index contributed by atoms with van der Waals surface area (Å²) < 4.78 is 15.4. The Bertz CT molecular complexity index is 475. The van der Waals surface area contributed by atoms with Gasteiger partial charge in [-0.25, -0.2) is 4.79 Å². The molecule has 0 aliphatic heterocycles. The molecule has 1 aromatic heterocycles. The van der Waals surface area contributed by atoms with Gasteiger partial charge in [-0.05, 0) is 39.3 Å². The second kappa shape index (κ2) is 7.98. The topological polar surface area (TPSA) is 77.8 Å². The Balaban J connectivity index is 2.74. The fraction of sp³-hybridized carbons (Fsp3) is 0.625. The lowest BCUT2D eigenvalue weighted by Gasteiger charge is -2.26. The molecule has 1 N–H and O–H groups in total. The predicted octanol–water partition coefficient (Wildman–Crippen LogP) is 3.03. The zero-order valence-electron chi connectivity index (χ0n) is 13.8. The van der Waals surface area contributed by atoms with Crippen molar-refractivity contribution >= 4 is 11.9 Å². The van der Waals surface area contributed by atoms with Crippen LogP contribution < -0.4 is 5.32 Å². The molecule has 6 heteroatoms. The van der Waals surface area contributed by atoms with Crippen LogP contribution >= 0.6 is 0 Å². The molecule has 0 aliphatic carbocycles. The van der Waals surface area contributed by atoms with E-state index in [0.29, 0.717) is 13.0 Å². The van der Waals surface area contributed by atoms with Gasteiger partial charge in [0.2, 0.25) is 5.78 Å². The molecule has 1 aromatic rings. The van der Waals surface area contributed by atoms with Gasteiger partial charge in [-0.15, -0.1) is 0 Å². The molecule has 1 rings (SSSR count). The lowest BCUT2D eigenvalue weighted by atomic mass is 9.93. The molecule has 6 nitrogen and oxygen atoms in total. The summed E-state index contributed by atoms with van der Waals surface area (Å²) in [6.45, 7) is 7.54. The summed E-state index contributed by atoms with van der Waals surface area (Å²) in [5.74, 6) is -0.336. The highest BCUT2D eigenvalue weighted by molar-refractivity contribution is 5.95. The van der Waals surface area contributed by atoms with Gasteiger partial charge in [-0.1, -0.05) is 6.92 Å². The third-order valence-corrected chi connectivity index (χ3v) is 3.12. The van der Waals surface area contributed by atoms with E-state index in [9.17, 15) is 9.59 Å². The van der Waals surface area contributed by atoms with E-state index in [-0.39, 0.29) is 11.5 Å². The van der Waals surface area contributed by atoms with Crippen LogP contribution in [0.3, 0.4) is 0 Å². The first kappa shape index (κ1) is 18.2. The monoisotopic (exact) mass is 311 g/mol. The number of furan rings is 1. The van der Waals surface area contributed by atoms with Crippen molar-refractivity contribution in [2.24, 2.45) is 5.92 Å². The number of carbonyl (C=O) groups is 2. The highest BCUT2D eigenvalue weighted by Crippen LogP contribution is 2.16. The average Bonchev–Trinajstić information content (AvgIpc) is 2.93. The van der Waals surface area contributed by atoms with Crippen molar-refractivity contribution in [2.45, 2.75) is 45.8 Å². The number of rotatable bonds is 7. The maximum Gasteiger partial charge on any atom is 0.407 e. The molecule has 0 spiro atoms. The lowest BCUT2D eigenvalue weighted by Crippen LogP contribution is -2.45. The molecule has 0 radical (unpaired) electrons. The van der Waals surface area contributed by atoms with Crippen LogP contribution in [0.2, 0.25) is 0 Å². The molecule has 0 aliphatic rings. The normalized spacial score (nSPS) is 14.2. The number of carbonyl (C=O) groups excluding carboxylic acids is 2. The molecule has 2 unspecified atom stereocenters. The fourth-order valence-corrected chi connectivity index (χ4v) is 1.98. The lowest BCUT2D eigenvalue weighted by molar-refractivity contribution is 0.0469. The summed E-state index contributed by atoms with van der Waals surface area (Å²) in [5.41, 5.74) is -0.593. The minimum absolute atomic E-state index is 0.165. The Labute approximate surface area is 131 Å². The van der Waals surface area contributed by atoms with Crippen LogP contribution in [0.1, 0.15) is 44.7 Å². The molecule has 124 valence electrons. The van der Waals surface area contributed by atoms with Crippen LogP contribution in [-0.2, 0) is 9.47 Å². The van der Waals surface area contributed by atoms with E-state index in [0.717, 1.165) is 0 Å². The molecule has 1 heterocycles. The fourth-order valence-electron chi connectivity index (χ4n) is 1.98. The SMILES string of the molecule is COCCC(NC(=O)OC(C)(C)C)C(C)C(=O)c1ccco1. The van der Waals surface area contributed by atoms with Gasteiger partial charge in [0.15, 0.2) is 5.76 Å². The Hall–Kier alpha value is -1.82. The summed E-state index contributed by atoms with van der Waals surface area (Å²) in [7, 11) is 1.57. The number of ketones is 1. The second-order valence-electron chi connectivity index (χ2n) is 6.16. The van der Waals surface area contributed by atoms with Crippen LogP contribution in [0.15, 0.2) is 22.8 Å². The number of amides is 1. The predicted molar refractivity (Wildman–Crippen MR) is 81.9 cm³/mol. The van der Waals surface area contributed by atoms with Crippen molar-refractivity contribution in [3.8, 4) is 0 Å². The summed E-state index contributed by atoms with van der Waals surface area (Å²) in [5, 5.41) is 2.75. The van der Waals surface area contributed by atoms with Crippen LogP contribution in [0.5, 0.6) is 0 Å². The summed E-state index contributed by atoms with van der Waals surface area (Å²) in [6, 6.07) is 2.87. The number of hydrogen-bond donors (Lipinski definition) is 1. The summed E-state index contributed by atoms with van der Waals surface area (Å²) in [6.07, 6.45) is 1.40. The number of alkyl carbamates (subject to hydrolysis) is 1. The van der Waals surface area contributed by atoms with E-state index in [4.69, 9.17) is 13.9 Å². The third kappa shape index (κ3) is 5.89. The van der Waals surface area contributed by atoms with E-state index >= 15 is 0 Å². The highest BCUT2D eigenvalue weighted by Gasteiger charge is 2.29. The molecular weight excluding hydrogens is 286 g/mol. The van der Waals surface area contributed by atoms with Gasteiger partial charge in [0.05, 0.1) is 6.26 Å². The first-order valence-electron chi connectivity index (χ1n) is 7.30. The summed E-state index contributed by atoms with van der Waals surface area (Å²) >= 11 is 0. The number of methoxy groups -OCH3 is 1. The van der Waals surface area contributed by atoms with Crippen molar-refractivity contribution < 1.29 is 23.5 Å². The third-order valence-electron chi connectivity index (χ3n) is 3.12. The van der Waals surface area contributed by atoms with Gasteiger partial charge in [-0.3, -0.25) is 4.79 Å². The van der Waals surface area contributed by atoms with Crippen LogP contribution in [-0.4, -0.2) is 37.2 Å². The molecule has 0 saturated carbocycles.